The van der Waals surface area contributed by atoms with E-state index in [1.807, 2.05) is 24.3 Å². The van der Waals surface area contributed by atoms with Gasteiger partial charge >= 0.3 is 0 Å². The van der Waals surface area contributed by atoms with Crippen molar-refractivity contribution in [1.29, 1.82) is 0 Å². The first kappa shape index (κ1) is 17.1. The van der Waals surface area contributed by atoms with Crippen LogP contribution in [0, 0.1) is 0 Å². The summed E-state index contributed by atoms with van der Waals surface area (Å²) in [6.45, 7) is 0.886. The molecule has 0 bridgehead atoms. The maximum absolute atomic E-state index is 12.6. The van der Waals surface area contributed by atoms with Crippen molar-refractivity contribution < 1.29 is 4.79 Å². The molecule has 136 valence electrons. The van der Waals surface area contributed by atoms with Gasteiger partial charge in [-0.1, -0.05) is 12.1 Å². The minimum absolute atomic E-state index is 0.0611. The monoisotopic (exact) mass is 361 g/mol. The van der Waals surface area contributed by atoms with Gasteiger partial charge in [-0.25, -0.2) is 4.98 Å². The van der Waals surface area contributed by atoms with Gasteiger partial charge in [-0.15, -0.1) is 0 Å². The molecule has 0 fully saturated rings. The molecule has 1 N–H and O–H groups in total. The molecule has 0 spiro atoms. The molecule has 1 aliphatic rings. The van der Waals surface area contributed by atoms with E-state index in [0.717, 1.165) is 5.56 Å². The molecule has 4 rings (SSSR count). The van der Waals surface area contributed by atoms with Crippen molar-refractivity contribution in [3.8, 4) is 11.5 Å². The smallest absolute Gasteiger partial charge is 0.254 e. The average Bonchev–Trinajstić information content (AvgIpc) is 2.73. The third-order valence-electron chi connectivity index (χ3n) is 4.68. The minimum atomic E-state index is -0.150. The highest BCUT2D eigenvalue weighted by Crippen LogP contribution is 2.18. The predicted octanol–water partition coefficient (Wildman–Crippen LogP) is 1.74. The fraction of sp³-hybridized carbons (Fsp3) is 0.250. The fourth-order valence-corrected chi connectivity index (χ4v) is 3.23. The van der Waals surface area contributed by atoms with Crippen LogP contribution in [0.2, 0.25) is 0 Å². The molecule has 0 saturated heterocycles. The molecule has 3 aromatic rings. The molecule has 3 aromatic heterocycles. The number of hydrogen-bond acceptors (Lipinski definition) is 5. The van der Waals surface area contributed by atoms with E-state index in [1.165, 1.54) is 0 Å². The molecule has 0 saturated carbocycles. The van der Waals surface area contributed by atoms with Crippen LogP contribution in [0.4, 0.5) is 0 Å². The Bertz CT molecular complexity index is 1000. The molecular formula is C20H19N5O2. The molecule has 1 amide bonds. The van der Waals surface area contributed by atoms with E-state index in [0.29, 0.717) is 55.1 Å². The maximum atomic E-state index is 12.6. The summed E-state index contributed by atoms with van der Waals surface area (Å²) in [4.78, 5) is 42.5. The van der Waals surface area contributed by atoms with Gasteiger partial charge in [0.05, 0.1) is 12.2 Å². The van der Waals surface area contributed by atoms with Crippen LogP contribution >= 0.6 is 0 Å². The lowest BCUT2D eigenvalue weighted by atomic mass is 10.0. The summed E-state index contributed by atoms with van der Waals surface area (Å²) in [7, 11) is 0. The lowest BCUT2D eigenvalue weighted by Gasteiger charge is -2.28. The molecule has 27 heavy (non-hydrogen) atoms. The number of carbonyl (C=O) groups excluding carboxylic acids is 1. The zero-order valence-electron chi connectivity index (χ0n) is 14.8. The van der Waals surface area contributed by atoms with Crippen molar-refractivity contribution in [1.82, 2.24) is 24.8 Å². The van der Waals surface area contributed by atoms with Gasteiger partial charge in [0, 0.05) is 37.1 Å². The van der Waals surface area contributed by atoms with Crippen LogP contribution in [0.1, 0.15) is 23.2 Å². The van der Waals surface area contributed by atoms with E-state index in [-0.39, 0.29) is 11.5 Å². The zero-order valence-corrected chi connectivity index (χ0v) is 14.8. The molecule has 7 nitrogen and oxygen atoms in total. The number of hydrogen-bond donors (Lipinski definition) is 1. The first-order chi connectivity index (χ1) is 13.2. The third kappa shape index (κ3) is 3.76. The Balaban J connectivity index is 1.51. The Morgan fingerprint density at radius 3 is 2.89 bits per heavy atom. The van der Waals surface area contributed by atoms with Crippen LogP contribution in [0.5, 0.6) is 0 Å². The Labute approximate surface area is 156 Å². The minimum Gasteiger partial charge on any atom is -0.336 e. The number of nitrogens with one attached hydrogen (secondary N) is 1. The Morgan fingerprint density at radius 1 is 1.19 bits per heavy atom. The van der Waals surface area contributed by atoms with Gasteiger partial charge in [-0.3, -0.25) is 19.6 Å². The molecule has 0 unspecified atom stereocenters. The van der Waals surface area contributed by atoms with Gasteiger partial charge in [-0.05, 0) is 36.6 Å². The topological polar surface area (TPSA) is 91.8 Å². The van der Waals surface area contributed by atoms with Gasteiger partial charge in [0.1, 0.15) is 5.69 Å². The van der Waals surface area contributed by atoms with Gasteiger partial charge in [0.2, 0.25) is 5.91 Å². The average molecular weight is 361 g/mol. The van der Waals surface area contributed by atoms with Gasteiger partial charge in [0.15, 0.2) is 5.82 Å². The van der Waals surface area contributed by atoms with E-state index in [9.17, 15) is 9.59 Å². The summed E-state index contributed by atoms with van der Waals surface area (Å²) in [6.07, 6.45) is 6.73. The van der Waals surface area contributed by atoms with Gasteiger partial charge in [0.25, 0.3) is 5.56 Å². The summed E-state index contributed by atoms with van der Waals surface area (Å²) in [5, 5.41) is 0. The van der Waals surface area contributed by atoms with Gasteiger partial charge < -0.3 is 9.88 Å². The third-order valence-corrected chi connectivity index (χ3v) is 4.68. The summed E-state index contributed by atoms with van der Waals surface area (Å²) in [5.74, 6) is 0.495. The number of carbonyl (C=O) groups is 1. The van der Waals surface area contributed by atoms with Crippen LogP contribution in [0.25, 0.3) is 11.5 Å². The number of H-pyrrole nitrogens is 1. The van der Waals surface area contributed by atoms with Crippen molar-refractivity contribution in [2.24, 2.45) is 0 Å². The van der Waals surface area contributed by atoms with Crippen molar-refractivity contribution in [3.05, 3.63) is 76.1 Å². The number of amides is 1. The Kier molecular flexibility index (Phi) is 4.74. The molecule has 0 aromatic carbocycles. The Hall–Kier alpha value is -3.35. The quantitative estimate of drug-likeness (QED) is 0.764. The maximum Gasteiger partial charge on any atom is 0.254 e. The van der Waals surface area contributed by atoms with E-state index < -0.39 is 0 Å². The number of aryl methyl sites for hydroxylation is 1. The molecule has 7 heteroatoms. The molecule has 1 aliphatic heterocycles. The second-order valence-corrected chi connectivity index (χ2v) is 6.48. The molecule has 0 aliphatic carbocycles. The summed E-state index contributed by atoms with van der Waals surface area (Å²) >= 11 is 0. The normalized spacial score (nSPS) is 13.3. The zero-order chi connectivity index (χ0) is 18.6. The van der Waals surface area contributed by atoms with E-state index in [1.54, 1.807) is 29.6 Å². The molecule has 0 atom stereocenters. The first-order valence-electron chi connectivity index (χ1n) is 8.91. The molecule has 0 radical (unpaired) electrons. The van der Waals surface area contributed by atoms with Crippen molar-refractivity contribution in [2.75, 3.05) is 6.54 Å². The number of rotatable bonds is 4. The number of fused-ring (bicyclic) bond motifs is 1. The highest BCUT2D eigenvalue weighted by Gasteiger charge is 2.24. The van der Waals surface area contributed by atoms with Crippen molar-refractivity contribution in [3.63, 3.8) is 0 Å². The number of nitrogens with zero attached hydrogens (tertiary/aromatic N) is 4. The molecule has 4 heterocycles. The molecular weight excluding hydrogens is 342 g/mol. The van der Waals surface area contributed by atoms with Crippen LogP contribution in [0.15, 0.2) is 53.7 Å². The van der Waals surface area contributed by atoms with Crippen LogP contribution in [0.3, 0.4) is 0 Å². The van der Waals surface area contributed by atoms with Crippen molar-refractivity contribution in [2.45, 2.75) is 25.8 Å². The fourth-order valence-electron chi connectivity index (χ4n) is 3.23. The van der Waals surface area contributed by atoms with Crippen LogP contribution in [-0.2, 0) is 24.2 Å². The van der Waals surface area contributed by atoms with E-state index >= 15 is 0 Å². The highest BCUT2D eigenvalue weighted by atomic mass is 16.2. The van der Waals surface area contributed by atoms with Gasteiger partial charge in [-0.2, -0.15) is 0 Å². The summed E-state index contributed by atoms with van der Waals surface area (Å²) in [5.41, 5.74) is 2.81. The lowest BCUT2D eigenvalue weighted by molar-refractivity contribution is -0.132. The van der Waals surface area contributed by atoms with Crippen molar-refractivity contribution >= 4 is 5.91 Å². The number of pyridine rings is 2. The summed E-state index contributed by atoms with van der Waals surface area (Å²) < 4.78 is 0. The Morgan fingerprint density at radius 2 is 2.11 bits per heavy atom. The second kappa shape index (κ2) is 7.49. The van der Waals surface area contributed by atoms with Crippen LogP contribution in [-0.4, -0.2) is 37.3 Å². The summed E-state index contributed by atoms with van der Waals surface area (Å²) in [6, 6.07) is 9.28. The van der Waals surface area contributed by atoms with E-state index in [4.69, 9.17) is 0 Å². The number of aromatic amines is 1. The SMILES string of the molecule is O=C(CCc1cccnc1)N1CCc2c(nc(-c3ccccn3)[nH]c2=O)C1. The standard InChI is InChI=1S/C20H19N5O2/c26-18(7-6-14-4-3-9-21-12-14)25-11-8-15-17(13-25)23-19(24-20(15)27)16-5-1-2-10-22-16/h1-5,9-10,12H,6-8,11,13H2,(H,23,24,27). The van der Waals surface area contributed by atoms with Crippen LogP contribution < -0.4 is 5.56 Å². The number of aromatic nitrogens is 4. The lowest BCUT2D eigenvalue weighted by Crippen LogP contribution is -2.39. The highest BCUT2D eigenvalue weighted by molar-refractivity contribution is 5.76. The largest absolute Gasteiger partial charge is 0.336 e. The second-order valence-electron chi connectivity index (χ2n) is 6.48. The first-order valence-corrected chi connectivity index (χ1v) is 8.91. The van der Waals surface area contributed by atoms with E-state index in [2.05, 4.69) is 19.9 Å². The predicted molar refractivity (Wildman–Crippen MR) is 99.8 cm³/mol.